The van der Waals surface area contributed by atoms with Crippen LogP contribution in [0.3, 0.4) is 0 Å². The van der Waals surface area contributed by atoms with Crippen molar-refractivity contribution >= 4 is 17.1 Å². The first kappa shape index (κ1) is 14.6. The van der Waals surface area contributed by atoms with Gasteiger partial charge in [-0.15, -0.1) is 0 Å². The van der Waals surface area contributed by atoms with Crippen LogP contribution in [0, 0.1) is 5.92 Å². The summed E-state index contributed by atoms with van der Waals surface area (Å²) in [5.41, 5.74) is 3.18. The van der Waals surface area contributed by atoms with Crippen LogP contribution in [0.15, 0.2) is 35.1 Å². The number of pyridine rings is 2. The minimum atomic E-state index is -0.324. The van der Waals surface area contributed by atoms with Crippen molar-refractivity contribution in [2.24, 2.45) is 5.92 Å². The first-order valence-electron chi connectivity index (χ1n) is 8.67. The third-order valence-corrected chi connectivity index (χ3v) is 4.76. The second-order valence-corrected chi connectivity index (χ2v) is 6.86. The van der Waals surface area contributed by atoms with Crippen molar-refractivity contribution in [3.8, 4) is 11.3 Å². The lowest BCUT2D eigenvalue weighted by molar-refractivity contribution is 0.0488. The largest absolute Gasteiger partial charge is 0.462 e. The number of rotatable bonds is 5. The lowest BCUT2D eigenvalue weighted by Gasteiger charge is -2.07. The molecule has 25 heavy (non-hydrogen) atoms. The van der Waals surface area contributed by atoms with E-state index in [2.05, 4.69) is 15.1 Å². The summed E-state index contributed by atoms with van der Waals surface area (Å²) in [6, 6.07) is 5.51. The number of carbonyl (C=O) groups excluding carboxylic acids is 1. The van der Waals surface area contributed by atoms with Crippen LogP contribution >= 0.6 is 0 Å². The molecule has 0 spiro atoms. The molecule has 0 aliphatic heterocycles. The van der Waals surface area contributed by atoms with E-state index < -0.39 is 0 Å². The molecule has 0 aromatic carbocycles. The second-order valence-electron chi connectivity index (χ2n) is 6.86. The molecule has 2 fully saturated rings. The van der Waals surface area contributed by atoms with Gasteiger partial charge in [-0.1, -0.05) is 5.16 Å². The Bertz CT molecular complexity index is 943. The predicted octanol–water partition coefficient (Wildman–Crippen LogP) is 3.73. The lowest BCUT2D eigenvalue weighted by Crippen LogP contribution is -2.09. The second kappa shape index (κ2) is 5.65. The van der Waals surface area contributed by atoms with E-state index in [1.807, 2.05) is 12.1 Å². The summed E-state index contributed by atoms with van der Waals surface area (Å²) in [7, 11) is 0. The summed E-state index contributed by atoms with van der Waals surface area (Å²) in [5, 5.41) is 4.89. The van der Waals surface area contributed by atoms with Crippen molar-refractivity contribution in [1.29, 1.82) is 0 Å². The molecule has 0 N–H and O–H groups in total. The molecule has 3 aromatic rings. The molecule has 6 nitrogen and oxygen atoms in total. The number of nitrogens with zero attached hydrogens (tertiary/aromatic N) is 3. The summed E-state index contributed by atoms with van der Waals surface area (Å²) in [5.74, 6) is 0.557. The summed E-state index contributed by atoms with van der Waals surface area (Å²) >= 11 is 0. The topological polar surface area (TPSA) is 78.1 Å². The third kappa shape index (κ3) is 2.77. The van der Waals surface area contributed by atoms with E-state index in [9.17, 15) is 4.79 Å². The van der Waals surface area contributed by atoms with Crippen molar-refractivity contribution in [2.75, 3.05) is 6.61 Å². The number of aromatic nitrogens is 3. The quantitative estimate of drug-likeness (QED) is 0.661. The number of ether oxygens (including phenoxy) is 1. The van der Waals surface area contributed by atoms with Crippen LogP contribution in [0.5, 0.6) is 0 Å². The standard InChI is InChI=1S/C19H17N3O3/c23-19(24-10-11-3-4-11)14-8-15(13-2-1-7-20-9-13)21-18-16(14)17(22-25-18)12-5-6-12/h1-2,7-9,11-12H,3-6,10H2. The number of fused-ring (bicyclic) bond motifs is 1. The maximum atomic E-state index is 12.7. The van der Waals surface area contributed by atoms with Gasteiger partial charge in [-0.3, -0.25) is 4.98 Å². The van der Waals surface area contributed by atoms with Crippen molar-refractivity contribution in [1.82, 2.24) is 15.1 Å². The van der Waals surface area contributed by atoms with Gasteiger partial charge in [-0.2, -0.15) is 0 Å². The maximum absolute atomic E-state index is 12.7. The molecule has 3 heterocycles. The van der Waals surface area contributed by atoms with Crippen LogP contribution in [0.2, 0.25) is 0 Å². The monoisotopic (exact) mass is 335 g/mol. The fourth-order valence-corrected chi connectivity index (χ4v) is 2.99. The van der Waals surface area contributed by atoms with Crippen molar-refractivity contribution in [2.45, 2.75) is 31.6 Å². The summed E-state index contributed by atoms with van der Waals surface area (Å²) in [6.07, 6.45) is 7.84. The molecule has 2 saturated carbocycles. The average Bonchev–Trinajstić information content (AvgIpc) is 3.58. The predicted molar refractivity (Wildman–Crippen MR) is 90.0 cm³/mol. The highest BCUT2D eigenvalue weighted by Gasteiger charge is 2.33. The lowest BCUT2D eigenvalue weighted by atomic mass is 10.1. The molecule has 0 saturated heterocycles. The Morgan fingerprint density at radius 1 is 1.28 bits per heavy atom. The Balaban J connectivity index is 1.62. The number of esters is 1. The smallest absolute Gasteiger partial charge is 0.339 e. The van der Waals surface area contributed by atoms with E-state index in [1.54, 1.807) is 18.5 Å². The van der Waals surface area contributed by atoms with E-state index in [0.717, 1.165) is 36.9 Å². The molecule has 3 aromatic heterocycles. The normalized spacial score (nSPS) is 17.0. The van der Waals surface area contributed by atoms with E-state index in [0.29, 0.717) is 40.8 Å². The van der Waals surface area contributed by atoms with Crippen molar-refractivity contribution < 1.29 is 14.1 Å². The highest BCUT2D eigenvalue weighted by atomic mass is 16.5. The van der Waals surface area contributed by atoms with Gasteiger partial charge in [0.05, 0.1) is 28.9 Å². The molecule has 0 atom stereocenters. The van der Waals surface area contributed by atoms with Crippen LogP contribution in [0.1, 0.15) is 47.7 Å². The minimum Gasteiger partial charge on any atom is -0.462 e. The van der Waals surface area contributed by atoms with Gasteiger partial charge in [-0.05, 0) is 49.8 Å². The van der Waals surface area contributed by atoms with Gasteiger partial charge in [0.15, 0.2) is 0 Å². The zero-order valence-electron chi connectivity index (χ0n) is 13.6. The first-order chi connectivity index (χ1) is 12.3. The molecule has 0 bridgehead atoms. The fraction of sp³-hybridized carbons (Fsp3) is 0.368. The van der Waals surface area contributed by atoms with Gasteiger partial charge in [0.1, 0.15) is 0 Å². The molecule has 0 radical (unpaired) electrons. The molecular formula is C19H17N3O3. The highest BCUT2D eigenvalue weighted by Crippen LogP contribution is 2.43. The van der Waals surface area contributed by atoms with Crippen LogP contribution in [-0.4, -0.2) is 27.7 Å². The molecule has 5 rings (SSSR count). The van der Waals surface area contributed by atoms with Crippen LogP contribution in [-0.2, 0) is 4.74 Å². The third-order valence-electron chi connectivity index (χ3n) is 4.76. The Morgan fingerprint density at radius 3 is 2.88 bits per heavy atom. The van der Waals surface area contributed by atoms with Crippen molar-refractivity contribution in [3.05, 3.63) is 41.9 Å². The molecule has 6 heteroatoms. The van der Waals surface area contributed by atoms with E-state index in [4.69, 9.17) is 9.26 Å². The number of carbonyl (C=O) groups is 1. The number of hydrogen-bond donors (Lipinski definition) is 0. The van der Waals surface area contributed by atoms with Crippen LogP contribution < -0.4 is 0 Å². The maximum Gasteiger partial charge on any atom is 0.339 e. The van der Waals surface area contributed by atoms with E-state index in [-0.39, 0.29) is 5.97 Å². The Hall–Kier alpha value is -2.76. The van der Waals surface area contributed by atoms with Gasteiger partial charge in [0.2, 0.25) is 0 Å². The molecule has 0 amide bonds. The molecular weight excluding hydrogens is 318 g/mol. The molecule has 126 valence electrons. The number of hydrogen-bond acceptors (Lipinski definition) is 6. The summed E-state index contributed by atoms with van der Waals surface area (Å²) in [4.78, 5) is 21.4. The van der Waals surface area contributed by atoms with E-state index >= 15 is 0 Å². The Kier molecular flexibility index (Phi) is 3.29. The summed E-state index contributed by atoms with van der Waals surface area (Å²) < 4.78 is 11.0. The van der Waals surface area contributed by atoms with Crippen LogP contribution in [0.25, 0.3) is 22.4 Å². The zero-order valence-corrected chi connectivity index (χ0v) is 13.6. The van der Waals surface area contributed by atoms with Gasteiger partial charge < -0.3 is 9.26 Å². The average molecular weight is 335 g/mol. The van der Waals surface area contributed by atoms with Gasteiger partial charge in [-0.25, -0.2) is 9.78 Å². The SMILES string of the molecule is O=C(OCC1CC1)c1cc(-c2cccnc2)nc2onc(C3CC3)c12. The van der Waals surface area contributed by atoms with Gasteiger partial charge in [0, 0.05) is 23.9 Å². The summed E-state index contributed by atoms with van der Waals surface area (Å²) in [6.45, 7) is 0.481. The highest BCUT2D eigenvalue weighted by molar-refractivity contribution is 6.04. The molecule has 2 aliphatic carbocycles. The first-order valence-corrected chi connectivity index (χ1v) is 8.67. The van der Waals surface area contributed by atoms with Gasteiger partial charge in [0.25, 0.3) is 5.71 Å². The Labute approximate surface area is 144 Å². The fourth-order valence-electron chi connectivity index (χ4n) is 2.99. The zero-order chi connectivity index (χ0) is 16.8. The molecule has 0 unspecified atom stereocenters. The molecule has 2 aliphatic rings. The van der Waals surface area contributed by atoms with Gasteiger partial charge >= 0.3 is 5.97 Å². The Morgan fingerprint density at radius 2 is 2.16 bits per heavy atom. The van der Waals surface area contributed by atoms with E-state index in [1.165, 1.54) is 0 Å². The van der Waals surface area contributed by atoms with Crippen molar-refractivity contribution in [3.63, 3.8) is 0 Å². The van der Waals surface area contributed by atoms with Crippen LogP contribution in [0.4, 0.5) is 0 Å². The minimum absolute atomic E-state index is 0.324.